The van der Waals surface area contributed by atoms with Crippen LogP contribution in [0, 0.1) is 0 Å². The Hall–Kier alpha value is -2.53. The number of amides is 1. The molecular formula is C23H29ClN2O3. The number of nitrogens with one attached hydrogen (secondary N) is 1. The Balaban J connectivity index is 1.97. The molecule has 0 saturated heterocycles. The molecule has 0 aliphatic carbocycles. The van der Waals surface area contributed by atoms with Gasteiger partial charge in [0.1, 0.15) is 0 Å². The molecule has 1 amide bonds. The number of halogens is 1. The van der Waals surface area contributed by atoms with Crippen LogP contribution in [-0.4, -0.2) is 25.3 Å². The third kappa shape index (κ3) is 8.16. The Morgan fingerprint density at radius 1 is 1.10 bits per heavy atom. The lowest BCUT2D eigenvalue weighted by atomic mass is 10.1. The van der Waals surface area contributed by atoms with Gasteiger partial charge in [-0.3, -0.25) is 4.79 Å². The fourth-order valence-electron chi connectivity index (χ4n) is 2.77. The average Bonchev–Trinajstić information content (AvgIpc) is 2.70. The predicted molar refractivity (Wildman–Crippen MR) is 118 cm³/mol. The molecule has 156 valence electrons. The van der Waals surface area contributed by atoms with Crippen molar-refractivity contribution in [2.75, 3.05) is 13.2 Å². The second-order valence-electron chi connectivity index (χ2n) is 6.63. The molecule has 0 atom stereocenters. The number of benzene rings is 2. The second-order valence-corrected chi connectivity index (χ2v) is 7.03. The molecule has 5 nitrogen and oxygen atoms in total. The molecule has 2 aromatic carbocycles. The smallest absolute Gasteiger partial charge is 0.244 e. The van der Waals surface area contributed by atoms with Crippen molar-refractivity contribution in [2.45, 2.75) is 46.0 Å². The number of hydrazone groups is 1. The van der Waals surface area contributed by atoms with E-state index >= 15 is 0 Å². The highest BCUT2D eigenvalue weighted by molar-refractivity contribution is 6.32. The van der Waals surface area contributed by atoms with E-state index < -0.39 is 0 Å². The van der Waals surface area contributed by atoms with E-state index in [-0.39, 0.29) is 12.3 Å². The first-order valence-electron chi connectivity index (χ1n) is 10.1. The molecule has 0 aliphatic rings. The number of nitrogens with zero attached hydrogens (tertiary/aromatic N) is 1. The Morgan fingerprint density at radius 3 is 2.62 bits per heavy atom. The number of hydrogen-bond acceptors (Lipinski definition) is 4. The fourth-order valence-corrected chi connectivity index (χ4v) is 3.04. The van der Waals surface area contributed by atoms with Crippen LogP contribution in [0.1, 0.15) is 50.7 Å². The molecule has 0 aromatic heterocycles. The summed E-state index contributed by atoms with van der Waals surface area (Å²) in [5.41, 5.74) is 4.19. The summed E-state index contributed by atoms with van der Waals surface area (Å²) in [4.78, 5) is 12.0. The highest BCUT2D eigenvalue weighted by Crippen LogP contribution is 2.36. The van der Waals surface area contributed by atoms with Crippen molar-refractivity contribution in [1.82, 2.24) is 5.43 Å². The summed E-state index contributed by atoms with van der Waals surface area (Å²) in [6.07, 6.45) is 6.30. The van der Waals surface area contributed by atoms with Crippen LogP contribution in [-0.2, 0) is 11.2 Å². The molecule has 0 bridgehead atoms. The van der Waals surface area contributed by atoms with Gasteiger partial charge in [-0.1, -0.05) is 68.1 Å². The molecule has 2 aromatic rings. The van der Waals surface area contributed by atoms with E-state index in [0.717, 1.165) is 24.0 Å². The first kappa shape index (κ1) is 22.8. The Kier molecular flexibility index (Phi) is 10.1. The minimum Gasteiger partial charge on any atom is -0.490 e. The molecular weight excluding hydrogens is 388 g/mol. The number of carbonyl (C=O) groups excluding carboxylic acids is 1. The van der Waals surface area contributed by atoms with Crippen LogP contribution in [0.15, 0.2) is 47.6 Å². The topological polar surface area (TPSA) is 59.9 Å². The van der Waals surface area contributed by atoms with Crippen molar-refractivity contribution in [3.63, 3.8) is 0 Å². The Morgan fingerprint density at radius 2 is 1.90 bits per heavy atom. The Labute approximate surface area is 178 Å². The van der Waals surface area contributed by atoms with E-state index in [0.29, 0.717) is 29.7 Å². The number of carbonyl (C=O) groups is 1. The van der Waals surface area contributed by atoms with E-state index in [4.69, 9.17) is 21.1 Å². The van der Waals surface area contributed by atoms with E-state index in [1.54, 1.807) is 12.3 Å². The molecule has 0 aliphatic heterocycles. The van der Waals surface area contributed by atoms with Gasteiger partial charge in [-0.25, -0.2) is 5.43 Å². The molecule has 6 heteroatoms. The maximum atomic E-state index is 12.0. The van der Waals surface area contributed by atoms with Gasteiger partial charge in [0.2, 0.25) is 5.91 Å². The molecule has 29 heavy (non-hydrogen) atoms. The zero-order valence-corrected chi connectivity index (χ0v) is 17.9. The first-order chi connectivity index (χ1) is 14.1. The van der Waals surface area contributed by atoms with Gasteiger partial charge < -0.3 is 9.47 Å². The van der Waals surface area contributed by atoms with Crippen LogP contribution in [0.25, 0.3) is 0 Å². The van der Waals surface area contributed by atoms with Gasteiger partial charge >= 0.3 is 0 Å². The maximum Gasteiger partial charge on any atom is 0.244 e. The van der Waals surface area contributed by atoms with Crippen LogP contribution in [0.4, 0.5) is 0 Å². The summed E-state index contributed by atoms with van der Waals surface area (Å²) in [6.45, 7) is 5.18. The fraction of sp³-hybridized carbons (Fsp3) is 0.391. The van der Waals surface area contributed by atoms with Crippen molar-refractivity contribution < 1.29 is 14.3 Å². The van der Waals surface area contributed by atoms with E-state index in [1.807, 2.05) is 43.3 Å². The van der Waals surface area contributed by atoms with Gasteiger partial charge in [0.05, 0.1) is 30.9 Å². The van der Waals surface area contributed by atoms with Crippen molar-refractivity contribution >= 4 is 23.7 Å². The third-order valence-electron chi connectivity index (χ3n) is 4.19. The second kappa shape index (κ2) is 12.8. The van der Waals surface area contributed by atoms with Crippen molar-refractivity contribution in [1.29, 1.82) is 0 Å². The lowest BCUT2D eigenvalue weighted by Gasteiger charge is -2.14. The monoisotopic (exact) mass is 416 g/mol. The van der Waals surface area contributed by atoms with Crippen molar-refractivity contribution in [3.05, 3.63) is 58.6 Å². The van der Waals surface area contributed by atoms with Gasteiger partial charge in [-0.2, -0.15) is 5.10 Å². The zero-order valence-electron chi connectivity index (χ0n) is 17.1. The van der Waals surface area contributed by atoms with Crippen LogP contribution < -0.4 is 14.9 Å². The molecule has 0 heterocycles. The summed E-state index contributed by atoms with van der Waals surface area (Å²) in [5, 5.41) is 4.49. The van der Waals surface area contributed by atoms with Crippen LogP contribution in [0.2, 0.25) is 5.02 Å². The minimum absolute atomic E-state index is 0.185. The molecule has 0 unspecified atom stereocenters. The SMILES string of the molecule is CCCCCCOc1c(Cl)cc(/C=N/NC(=O)Cc2ccccc2)cc1OCC. The predicted octanol–water partition coefficient (Wildman–Crippen LogP) is 5.39. The van der Waals surface area contributed by atoms with Crippen LogP contribution in [0.5, 0.6) is 11.5 Å². The summed E-state index contributed by atoms with van der Waals surface area (Å²) in [7, 11) is 0. The molecule has 0 radical (unpaired) electrons. The lowest BCUT2D eigenvalue weighted by molar-refractivity contribution is -0.120. The van der Waals surface area contributed by atoms with Gasteiger partial charge in [0.15, 0.2) is 11.5 Å². The largest absolute Gasteiger partial charge is 0.490 e. The molecule has 1 N–H and O–H groups in total. The van der Waals surface area contributed by atoms with Crippen molar-refractivity contribution in [2.24, 2.45) is 5.10 Å². The average molecular weight is 417 g/mol. The summed E-state index contributed by atoms with van der Waals surface area (Å²) < 4.78 is 11.5. The zero-order chi connectivity index (χ0) is 20.9. The lowest BCUT2D eigenvalue weighted by Crippen LogP contribution is -2.19. The summed E-state index contributed by atoms with van der Waals surface area (Å²) in [5.74, 6) is 0.943. The summed E-state index contributed by atoms with van der Waals surface area (Å²) in [6, 6.07) is 13.1. The summed E-state index contributed by atoms with van der Waals surface area (Å²) >= 11 is 6.41. The number of hydrogen-bond donors (Lipinski definition) is 1. The number of unbranched alkanes of at least 4 members (excludes halogenated alkanes) is 3. The highest BCUT2D eigenvalue weighted by atomic mass is 35.5. The van der Waals surface area contributed by atoms with Crippen LogP contribution in [0.3, 0.4) is 0 Å². The molecule has 0 spiro atoms. The first-order valence-corrected chi connectivity index (χ1v) is 10.5. The standard InChI is InChI=1S/C23H29ClN2O3/c1-3-5-6-10-13-29-23-20(24)14-19(15-21(23)28-4-2)17-25-26-22(27)16-18-11-8-7-9-12-18/h7-9,11-12,14-15,17H,3-6,10,13,16H2,1-2H3,(H,26,27)/b25-17+. The number of rotatable bonds is 12. The van der Waals surface area contributed by atoms with Crippen molar-refractivity contribution in [3.8, 4) is 11.5 Å². The third-order valence-corrected chi connectivity index (χ3v) is 4.47. The van der Waals surface area contributed by atoms with E-state index in [2.05, 4.69) is 17.5 Å². The van der Waals surface area contributed by atoms with Gasteiger partial charge in [-0.15, -0.1) is 0 Å². The van der Waals surface area contributed by atoms with Gasteiger partial charge in [0.25, 0.3) is 0 Å². The van der Waals surface area contributed by atoms with Crippen LogP contribution >= 0.6 is 11.6 Å². The number of ether oxygens (including phenoxy) is 2. The molecule has 2 rings (SSSR count). The van der Waals surface area contributed by atoms with Gasteiger partial charge in [-0.05, 0) is 36.6 Å². The minimum atomic E-state index is -0.185. The van der Waals surface area contributed by atoms with E-state index in [1.165, 1.54) is 12.8 Å². The normalized spacial score (nSPS) is 10.9. The highest BCUT2D eigenvalue weighted by Gasteiger charge is 2.12. The van der Waals surface area contributed by atoms with E-state index in [9.17, 15) is 4.79 Å². The van der Waals surface area contributed by atoms with Gasteiger partial charge in [0, 0.05) is 0 Å². The Bertz CT molecular complexity index is 794. The molecule has 0 saturated carbocycles. The quantitative estimate of drug-likeness (QED) is 0.286. The molecule has 0 fully saturated rings. The maximum absolute atomic E-state index is 12.0.